The van der Waals surface area contributed by atoms with Gasteiger partial charge in [-0.1, -0.05) is 11.6 Å². The van der Waals surface area contributed by atoms with Gasteiger partial charge in [0.25, 0.3) is 5.91 Å². The third-order valence-electron chi connectivity index (χ3n) is 8.45. The van der Waals surface area contributed by atoms with Gasteiger partial charge >= 0.3 is 0 Å². The molecule has 1 aromatic heterocycles. The van der Waals surface area contributed by atoms with Crippen LogP contribution in [0.4, 0.5) is 0 Å². The van der Waals surface area contributed by atoms with E-state index in [0.717, 1.165) is 29.5 Å². The lowest BCUT2D eigenvalue weighted by Crippen LogP contribution is -2.50. The number of nitrogens with zero attached hydrogens (tertiary/aromatic N) is 3. The maximum atomic E-state index is 13.3. The van der Waals surface area contributed by atoms with E-state index >= 15 is 0 Å². The first-order valence-electron chi connectivity index (χ1n) is 13.8. The maximum absolute atomic E-state index is 13.3. The number of H-pyrrole nitrogens is 1. The van der Waals surface area contributed by atoms with Gasteiger partial charge in [0, 0.05) is 60.2 Å². The Bertz CT molecular complexity index is 1450. The molecular weight excluding hydrogens is 536 g/mol. The summed E-state index contributed by atoms with van der Waals surface area (Å²) in [6, 6.07) is 15.8. The molecule has 3 atom stereocenters. The number of amides is 1. The average molecular weight is 571 g/mol. The van der Waals surface area contributed by atoms with Crippen molar-refractivity contribution in [3.63, 3.8) is 0 Å². The number of piperazine rings is 1. The van der Waals surface area contributed by atoms with E-state index in [-0.39, 0.29) is 30.0 Å². The van der Waals surface area contributed by atoms with Crippen molar-refractivity contribution >= 4 is 38.4 Å². The quantitative estimate of drug-likeness (QED) is 0.462. The van der Waals surface area contributed by atoms with E-state index in [0.29, 0.717) is 41.9 Å². The van der Waals surface area contributed by atoms with Crippen molar-refractivity contribution in [3.8, 4) is 5.75 Å². The number of hydrogen-bond acceptors (Lipinski definition) is 5. The number of halogens is 1. The fraction of sp³-hybridized carbons (Fsp3) is 0.483. The molecule has 0 saturated carbocycles. The highest BCUT2D eigenvalue weighted by Gasteiger charge is 2.42. The van der Waals surface area contributed by atoms with E-state index in [1.807, 2.05) is 24.3 Å². The average Bonchev–Trinajstić information content (AvgIpc) is 3.47. The smallest absolute Gasteiger partial charge is 0.270 e. The normalized spacial score (nSPS) is 24.5. The molecule has 2 bridgehead atoms. The Hall–Kier alpha value is -2.59. The minimum absolute atomic E-state index is 0.130. The van der Waals surface area contributed by atoms with Crippen LogP contribution in [0.5, 0.6) is 5.75 Å². The predicted molar refractivity (Wildman–Crippen MR) is 152 cm³/mol. The largest absolute Gasteiger partial charge is 0.490 e. The molecule has 6 rings (SSSR count). The number of aromatic amines is 1. The van der Waals surface area contributed by atoms with Gasteiger partial charge in [0.1, 0.15) is 17.5 Å². The topological polar surface area (TPSA) is 85.9 Å². The second kappa shape index (κ2) is 10.4. The van der Waals surface area contributed by atoms with Gasteiger partial charge in [-0.3, -0.25) is 9.69 Å². The molecule has 0 unspecified atom stereocenters. The van der Waals surface area contributed by atoms with Crippen molar-refractivity contribution in [1.29, 1.82) is 0 Å². The molecule has 3 aliphatic heterocycles. The van der Waals surface area contributed by atoms with Gasteiger partial charge in [0.05, 0.1) is 4.90 Å². The van der Waals surface area contributed by atoms with E-state index in [2.05, 4.69) is 23.7 Å². The first kappa shape index (κ1) is 26.6. The number of carbonyl (C=O) groups excluding carboxylic acids is 1. The summed E-state index contributed by atoms with van der Waals surface area (Å²) < 4.78 is 33.8. The summed E-state index contributed by atoms with van der Waals surface area (Å²) in [6.07, 6.45) is 4.85. The van der Waals surface area contributed by atoms with Crippen molar-refractivity contribution in [2.45, 2.75) is 68.7 Å². The minimum Gasteiger partial charge on any atom is -0.490 e. The third kappa shape index (κ3) is 5.17. The van der Waals surface area contributed by atoms with Crippen molar-refractivity contribution in [1.82, 2.24) is 19.1 Å². The number of piperidine rings is 1. The molecule has 1 amide bonds. The Morgan fingerprint density at radius 1 is 0.974 bits per heavy atom. The lowest BCUT2D eigenvalue weighted by atomic mass is 9.98. The molecule has 2 aromatic carbocycles. The van der Waals surface area contributed by atoms with Crippen LogP contribution in [0.2, 0.25) is 5.02 Å². The molecule has 3 fully saturated rings. The summed E-state index contributed by atoms with van der Waals surface area (Å²) >= 11 is 5.90. The Kier molecular flexibility index (Phi) is 7.12. The molecule has 0 aliphatic carbocycles. The second-order valence-electron chi connectivity index (χ2n) is 11.2. The van der Waals surface area contributed by atoms with Gasteiger partial charge < -0.3 is 14.6 Å². The van der Waals surface area contributed by atoms with Crippen LogP contribution in [0.3, 0.4) is 0 Å². The molecular formula is C29H35ClN4O4S. The van der Waals surface area contributed by atoms with E-state index in [1.54, 1.807) is 17.0 Å². The van der Waals surface area contributed by atoms with Gasteiger partial charge in [0.2, 0.25) is 10.0 Å². The lowest BCUT2D eigenvalue weighted by molar-refractivity contribution is 0.0308. The number of carbonyl (C=O) groups is 1. The van der Waals surface area contributed by atoms with Gasteiger partial charge in [0.15, 0.2) is 0 Å². The number of aromatic nitrogens is 1. The number of fused-ring (bicyclic) bond motifs is 3. The molecule has 3 saturated heterocycles. The van der Waals surface area contributed by atoms with E-state index in [4.69, 9.17) is 16.3 Å². The minimum atomic E-state index is -3.63. The van der Waals surface area contributed by atoms with Crippen LogP contribution in [0.25, 0.3) is 10.9 Å². The summed E-state index contributed by atoms with van der Waals surface area (Å²) in [4.78, 5) is 21.1. The van der Waals surface area contributed by atoms with Crippen LogP contribution >= 0.6 is 11.6 Å². The van der Waals surface area contributed by atoms with Crippen LogP contribution in [-0.2, 0) is 10.0 Å². The Morgan fingerprint density at radius 2 is 1.64 bits per heavy atom. The second-order valence-corrected chi connectivity index (χ2v) is 13.6. The Balaban J connectivity index is 1.09. The number of ether oxygens (including phenoxy) is 1. The molecule has 4 heterocycles. The standard InChI is InChI=1S/C29H35ClN4O4S/c1-19(2)34-22-5-6-23(34)18-25(17-22)38-24-7-10-27-20(15-24)16-28(31-27)29(35)32-11-13-33(14-12-32)39(36,37)26-8-3-21(30)4-9-26/h3-4,7-10,15-16,19,22-23,25,31H,5-6,11-14,17-18H2,1-2H3/t22-,23+,25+. The number of benzene rings is 2. The summed E-state index contributed by atoms with van der Waals surface area (Å²) in [6.45, 7) is 5.71. The summed E-state index contributed by atoms with van der Waals surface area (Å²) in [5.41, 5.74) is 1.38. The number of hydrogen-bond donors (Lipinski definition) is 1. The highest BCUT2D eigenvalue weighted by atomic mass is 35.5. The van der Waals surface area contributed by atoms with Crippen molar-refractivity contribution in [3.05, 3.63) is 59.2 Å². The molecule has 208 valence electrons. The fourth-order valence-electron chi connectivity index (χ4n) is 6.65. The van der Waals surface area contributed by atoms with Crippen LogP contribution in [0.15, 0.2) is 53.4 Å². The van der Waals surface area contributed by atoms with Crippen LogP contribution < -0.4 is 4.74 Å². The van der Waals surface area contributed by atoms with Crippen molar-refractivity contribution in [2.24, 2.45) is 0 Å². The maximum Gasteiger partial charge on any atom is 0.270 e. The first-order chi connectivity index (χ1) is 18.7. The number of nitrogens with one attached hydrogen (secondary N) is 1. The molecule has 10 heteroatoms. The number of sulfonamides is 1. The van der Waals surface area contributed by atoms with E-state index in [9.17, 15) is 13.2 Å². The van der Waals surface area contributed by atoms with Gasteiger partial charge in [-0.05, 0) is 88.1 Å². The Labute approximate surface area is 234 Å². The van der Waals surface area contributed by atoms with E-state index in [1.165, 1.54) is 29.3 Å². The number of rotatable bonds is 6. The monoisotopic (exact) mass is 570 g/mol. The molecule has 0 radical (unpaired) electrons. The zero-order valence-corrected chi connectivity index (χ0v) is 23.9. The zero-order valence-electron chi connectivity index (χ0n) is 22.3. The van der Waals surface area contributed by atoms with Crippen LogP contribution in [-0.4, -0.2) is 83.8 Å². The van der Waals surface area contributed by atoms with Gasteiger partial charge in [-0.15, -0.1) is 0 Å². The first-order valence-corrected chi connectivity index (χ1v) is 15.6. The van der Waals surface area contributed by atoms with E-state index < -0.39 is 10.0 Å². The van der Waals surface area contributed by atoms with Crippen molar-refractivity contribution < 1.29 is 17.9 Å². The summed E-state index contributed by atoms with van der Waals surface area (Å²) in [5.74, 6) is 0.707. The third-order valence-corrected chi connectivity index (χ3v) is 10.6. The fourth-order valence-corrected chi connectivity index (χ4v) is 8.20. The SMILES string of the molecule is CC(C)N1[C@@H]2CC[C@H]1C[C@@H](Oc1ccc3[nH]c(C(=O)N4CCN(S(=O)(=O)c5ccc(Cl)cc5)CC4)cc3c1)C2. The zero-order chi connectivity index (χ0) is 27.3. The summed E-state index contributed by atoms with van der Waals surface area (Å²) in [7, 11) is -3.63. The molecule has 0 spiro atoms. The molecule has 8 nitrogen and oxygen atoms in total. The van der Waals surface area contributed by atoms with Crippen LogP contribution in [0, 0.1) is 0 Å². The Morgan fingerprint density at radius 3 is 2.28 bits per heavy atom. The highest BCUT2D eigenvalue weighted by Crippen LogP contribution is 2.39. The lowest BCUT2D eigenvalue weighted by Gasteiger charge is -2.41. The summed E-state index contributed by atoms with van der Waals surface area (Å²) in [5, 5.41) is 1.42. The molecule has 1 N–H and O–H groups in total. The van der Waals surface area contributed by atoms with Gasteiger partial charge in [-0.2, -0.15) is 4.31 Å². The molecule has 3 aliphatic rings. The molecule has 39 heavy (non-hydrogen) atoms. The van der Waals surface area contributed by atoms with Crippen LogP contribution in [0.1, 0.15) is 50.0 Å². The molecule has 3 aromatic rings. The predicted octanol–water partition coefficient (Wildman–Crippen LogP) is 4.75. The highest BCUT2D eigenvalue weighted by molar-refractivity contribution is 7.89. The van der Waals surface area contributed by atoms with Gasteiger partial charge in [-0.25, -0.2) is 8.42 Å². The van der Waals surface area contributed by atoms with Crippen molar-refractivity contribution in [2.75, 3.05) is 26.2 Å².